The Morgan fingerprint density at radius 3 is 2.71 bits per heavy atom. The highest BCUT2D eigenvalue weighted by Crippen LogP contribution is 1.97. The summed E-state index contributed by atoms with van der Waals surface area (Å²) in [5.41, 5.74) is -0.126. The largest absolute Gasteiger partial charge is 0.395 e. The van der Waals surface area contributed by atoms with Gasteiger partial charge in [0.15, 0.2) is 0 Å². The normalized spacial score (nSPS) is 10.1. The molecule has 1 aromatic rings. The van der Waals surface area contributed by atoms with E-state index < -0.39 is 0 Å². The van der Waals surface area contributed by atoms with E-state index in [1.807, 2.05) is 0 Å². The highest BCUT2D eigenvalue weighted by molar-refractivity contribution is 5.92. The van der Waals surface area contributed by atoms with Gasteiger partial charge in [0.2, 0.25) is 0 Å². The Balaban J connectivity index is 2.77. The zero-order chi connectivity index (χ0) is 10.6. The fraction of sp³-hybridized carbons (Fsp3) is 0.500. The van der Waals surface area contributed by atoms with Crippen LogP contribution in [0.2, 0.25) is 0 Å². The number of carbonyl (C=O) groups is 1. The van der Waals surface area contributed by atoms with Crippen molar-refractivity contribution in [1.82, 2.24) is 15.1 Å². The van der Waals surface area contributed by atoms with Crippen LogP contribution in [0.3, 0.4) is 0 Å². The maximum atomic E-state index is 11.6. The van der Waals surface area contributed by atoms with Gasteiger partial charge in [0.05, 0.1) is 6.61 Å². The zero-order valence-corrected chi connectivity index (χ0v) is 7.91. The fourth-order valence-electron chi connectivity index (χ4n) is 1.14. The number of likely N-dealkylation sites (N-methyl/N-ethyl adjacent to an activating group) is 1. The number of aromatic amines is 2. The molecular weight excluding hydrogens is 186 g/mol. The predicted molar refractivity (Wildman–Crippen MR) is 50.1 cm³/mol. The summed E-state index contributed by atoms with van der Waals surface area (Å²) in [5.74, 6) is -0.292. The monoisotopic (exact) mass is 199 g/mol. The molecule has 0 radical (unpaired) electrons. The molecule has 0 aliphatic heterocycles. The van der Waals surface area contributed by atoms with Gasteiger partial charge in [0, 0.05) is 19.2 Å². The van der Waals surface area contributed by atoms with E-state index in [4.69, 9.17) is 5.11 Å². The molecule has 0 spiro atoms. The van der Waals surface area contributed by atoms with Crippen LogP contribution in [0.4, 0.5) is 0 Å². The van der Waals surface area contributed by atoms with Gasteiger partial charge in [-0.1, -0.05) is 0 Å². The van der Waals surface area contributed by atoms with Crippen LogP contribution in [0.25, 0.3) is 0 Å². The Hall–Kier alpha value is -1.56. The van der Waals surface area contributed by atoms with Crippen molar-refractivity contribution in [2.45, 2.75) is 6.92 Å². The standard InChI is InChI=1S/C8H13N3O3/c1-2-11(3-4-12)8(14)6-5-7(13)10-9-6/h5,12H,2-4H2,1H3,(H2,9,10,13). The number of carbonyl (C=O) groups excluding carboxylic acids is 1. The summed E-state index contributed by atoms with van der Waals surface area (Å²) in [5, 5.41) is 13.4. The summed E-state index contributed by atoms with van der Waals surface area (Å²) < 4.78 is 0. The van der Waals surface area contributed by atoms with Gasteiger partial charge in [-0.2, -0.15) is 0 Å². The Labute approximate surface area is 80.5 Å². The summed E-state index contributed by atoms with van der Waals surface area (Å²) >= 11 is 0. The van der Waals surface area contributed by atoms with E-state index >= 15 is 0 Å². The predicted octanol–water partition coefficient (Wildman–Crippen LogP) is -0.843. The second-order valence-corrected chi connectivity index (χ2v) is 2.78. The molecule has 0 saturated heterocycles. The van der Waals surface area contributed by atoms with Crippen LogP contribution in [0.1, 0.15) is 17.4 Å². The molecule has 0 unspecified atom stereocenters. The van der Waals surface area contributed by atoms with Crippen molar-refractivity contribution in [1.29, 1.82) is 0 Å². The van der Waals surface area contributed by atoms with Gasteiger partial charge in [-0.3, -0.25) is 19.8 Å². The lowest BCUT2D eigenvalue weighted by molar-refractivity contribution is 0.0726. The molecule has 1 aromatic heterocycles. The lowest BCUT2D eigenvalue weighted by Gasteiger charge is -2.18. The van der Waals surface area contributed by atoms with Crippen molar-refractivity contribution < 1.29 is 9.90 Å². The topological polar surface area (TPSA) is 89.2 Å². The van der Waals surface area contributed by atoms with Gasteiger partial charge in [-0.15, -0.1) is 0 Å². The van der Waals surface area contributed by atoms with E-state index in [0.29, 0.717) is 6.54 Å². The van der Waals surface area contributed by atoms with Gasteiger partial charge in [-0.05, 0) is 6.92 Å². The first-order valence-electron chi connectivity index (χ1n) is 4.36. The SMILES string of the molecule is CCN(CCO)C(=O)c1cc(=O)[nH][nH]1. The van der Waals surface area contributed by atoms with Crippen LogP contribution in [-0.4, -0.2) is 45.8 Å². The van der Waals surface area contributed by atoms with Gasteiger partial charge in [-0.25, -0.2) is 0 Å². The summed E-state index contributed by atoms with van der Waals surface area (Å²) in [4.78, 5) is 23.8. The third-order valence-electron chi connectivity index (χ3n) is 1.87. The highest BCUT2D eigenvalue weighted by Gasteiger charge is 2.14. The number of aromatic nitrogens is 2. The smallest absolute Gasteiger partial charge is 0.272 e. The minimum Gasteiger partial charge on any atom is -0.395 e. The number of hydrogen-bond acceptors (Lipinski definition) is 3. The van der Waals surface area contributed by atoms with Crippen molar-refractivity contribution in [2.24, 2.45) is 0 Å². The molecule has 0 bridgehead atoms. The first kappa shape index (κ1) is 10.5. The van der Waals surface area contributed by atoms with Crippen LogP contribution >= 0.6 is 0 Å². The minimum absolute atomic E-state index is 0.0891. The van der Waals surface area contributed by atoms with Crippen LogP contribution < -0.4 is 5.56 Å². The molecule has 3 N–H and O–H groups in total. The summed E-state index contributed by atoms with van der Waals surface area (Å²) in [6.45, 7) is 2.47. The molecule has 6 heteroatoms. The Kier molecular flexibility index (Phi) is 3.47. The summed E-state index contributed by atoms with van der Waals surface area (Å²) in [7, 11) is 0. The molecule has 0 aliphatic carbocycles. The molecule has 1 heterocycles. The molecular formula is C8H13N3O3. The number of H-pyrrole nitrogens is 2. The van der Waals surface area contributed by atoms with Gasteiger partial charge in [0.1, 0.15) is 5.69 Å². The molecule has 0 saturated carbocycles. The Morgan fingerprint density at radius 2 is 2.29 bits per heavy atom. The van der Waals surface area contributed by atoms with Crippen LogP contribution in [0, 0.1) is 0 Å². The number of nitrogens with one attached hydrogen (secondary N) is 2. The summed E-state index contributed by atoms with van der Waals surface area (Å²) in [6.07, 6.45) is 0. The van der Waals surface area contributed by atoms with Crippen molar-refractivity contribution in [2.75, 3.05) is 19.7 Å². The van der Waals surface area contributed by atoms with E-state index in [9.17, 15) is 9.59 Å². The van der Waals surface area contributed by atoms with E-state index in [1.54, 1.807) is 6.92 Å². The second-order valence-electron chi connectivity index (χ2n) is 2.78. The van der Waals surface area contributed by atoms with Gasteiger partial charge in [0.25, 0.3) is 11.5 Å². The van der Waals surface area contributed by atoms with Crippen molar-refractivity contribution in [3.05, 3.63) is 22.1 Å². The summed E-state index contributed by atoms with van der Waals surface area (Å²) in [6, 6.07) is 1.20. The van der Waals surface area contributed by atoms with Crippen molar-refractivity contribution in [3.8, 4) is 0 Å². The molecule has 0 fully saturated rings. The number of nitrogens with zero attached hydrogens (tertiary/aromatic N) is 1. The van der Waals surface area contributed by atoms with Crippen LogP contribution in [-0.2, 0) is 0 Å². The van der Waals surface area contributed by atoms with Crippen molar-refractivity contribution >= 4 is 5.91 Å². The molecule has 1 rings (SSSR count). The van der Waals surface area contributed by atoms with E-state index in [0.717, 1.165) is 0 Å². The highest BCUT2D eigenvalue weighted by atomic mass is 16.3. The third-order valence-corrected chi connectivity index (χ3v) is 1.87. The average Bonchev–Trinajstić information content (AvgIpc) is 2.60. The molecule has 0 aliphatic rings. The fourth-order valence-corrected chi connectivity index (χ4v) is 1.14. The number of hydrogen-bond donors (Lipinski definition) is 3. The number of rotatable bonds is 4. The molecule has 1 amide bonds. The molecule has 14 heavy (non-hydrogen) atoms. The first-order valence-corrected chi connectivity index (χ1v) is 4.36. The van der Waals surface area contributed by atoms with E-state index in [1.165, 1.54) is 11.0 Å². The maximum Gasteiger partial charge on any atom is 0.272 e. The first-order chi connectivity index (χ1) is 6.69. The lowest BCUT2D eigenvalue weighted by Crippen LogP contribution is -2.33. The third kappa shape index (κ3) is 2.23. The number of aliphatic hydroxyl groups is 1. The quantitative estimate of drug-likeness (QED) is 0.590. The van der Waals surface area contributed by atoms with Crippen LogP contribution in [0.5, 0.6) is 0 Å². The van der Waals surface area contributed by atoms with E-state index in [2.05, 4.69) is 10.2 Å². The Bertz CT molecular complexity index is 355. The second kappa shape index (κ2) is 4.61. The number of amides is 1. The maximum absolute atomic E-state index is 11.6. The van der Waals surface area contributed by atoms with E-state index in [-0.39, 0.29) is 30.3 Å². The zero-order valence-electron chi connectivity index (χ0n) is 7.91. The average molecular weight is 199 g/mol. The minimum atomic E-state index is -0.339. The van der Waals surface area contributed by atoms with Crippen LogP contribution in [0.15, 0.2) is 10.9 Å². The van der Waals surface area contributed by atoms with Crippen molar-refractivity contribution in [3.63, 3.8) is 0 Å². The van der Waals surface area contributed by atoms with Gasteiger partial charge < -0.3 is 10.0 Å². The van der Waals surface area contributed by atoms with Gasteiger partial charge >= 0.3 is 0 Å². The molecule has 0 atom stereocenters. The molecule has 6 nitrogen and oxygen atoms in total. The number of aliphatic hydroxyl groups excluding tert-OH is 1. The molecule has 78 valence electrons. The molecule has 0 aromatic carbocycles. The Morgan fingerprint density at radius 1 is 1.57 bits per heavy atom. The lowest BCUT2D eigenvalue weighted by atomic mass is 10.3.